The number of amides is 7. The molecule has 76 heavy (non-hydrogen) atoms. The second kappa shape index (κ2) is 30.1. The number of aromatic amines is 2. The number of benzene rings is 2. The summed E-state index contributed by atoms with van der Waals surface area (Å²) >= 11 is 4.20. The Labute approximate surface area is 448 Å². The van der Waals surface area contributed by atoms with E-state index in [2.05, 4.69) is 43.2 Å². The molecule has 0 saturated heterocycles. The summed E-state index contributed by atoms with van der Waals surface area (Å²) in [5, 5.41) is 7.85. The highest BCUT2D eigenvalue weighted by atomic mass is 32.1. The molecular weight excluding hydrogens is 989 g/mol. The van der Waals surface area contributed by atoms with Gasteiger partial charge in [0.1, 0.15) is 6.54 Å². The van der Waals surface area contributed by atoms with Crippen LogP contribution in [-0.4, -0.2) is 196 Å². The van der Waals surface area contributed by atoms with E-state index in [0.29, 0.717) is 43.7 Å². The van der Waals surface area contributed by atoms with E-state index in [4.69, 9.17) is 4.74 Å². The Bertz CT molecular complexity index is 2850. The summed E-state index contributed by atoms with van der Waals surface area (Å²) < 4.78 is 5.26. The highest BCUT2D eigenvalue weighted by Gasteiger charge is 2.29. The molecule has 4 heterocycles. The molecule has 4 aromatic heterocycles. The van der Waals surface area contributed by atoms with E-state index in [1.54, 1.807) is 43.0 Å². The molecule has 0 spiro atoms. The SMILES string of the molecule is CCCN(CC(=O)N(CCc1c[nH]c2ccccc12)CC(=O)NCCS)C(=O)CN(CCc1c[nH]c2ccccc12)C(=O)CN(C)C(=O)CN(Cc1cccnc1)C(=O)CN(CCOC)C(=O)CNCc1cccnc1. The Morgan fingerprint density at radius 3 is 1.66 bits per heavy atom. The molecule has 0 atom stereocenters. The van der Waals surface area contributed by atoms with Gasteiger partial charge in [-0.05, 0) is 65.8 Å². The molecule has 4 N–H and O–H groups in total. The minimum atomic E-state index is -0.564. The van der Waals surface area contributed by atoms with Gasteiger partial charge in [-0.3, -0.25) is 43.5 Å². The van der Waals surface area contributed by atoms with Crippen LogP contribution in [0.4, 0.5) is 0 Å². The molecule has 0 aliphatic rings. The van der Waals surface area contributed by atoms with Crippen molar-refractivity contribution in [1.82, 2.24) is 60.0 Å². The number of aromatic nitrogens is 4. The van der Waals surface area contributed by atoms with Crippen molar-refractivity contribution in [2.75, 3.05) is 105 Å². The third-order valence-electron chi connectivity index (χ3n) is 12.8. The van der Waals surface area contributed by atoms with Crippen LogP contribution < -0.4 is 10.6 Å². The number of thiol groups is 1. The number of likely N-dealkylation sites (N-methyl/N-ethyl adjacent to an activating group) is 1. The summed E-state index contributed by atoms with van der Waals surface area (Å²) in [5.74, 6) is -2.81. The third-order valence-corrected chi connectivity index (χ3v) is 13.0. The number of H-pyrrole nitrogens is 2. The van der Waals surface area contributed by atoms with Gasteiger partial charge in [-0.25, -0.2) is 0 Å². The zero-order chi connectivity index (χ0) is 54.2. The first-order valence-corrected chi connectivity index (χ1v) is 26.1. The molecular formula is C55H70N12O8S. The van der Waals surface area contributed by atoms with E-state index in [-0.39, 0.29) is 77.3 Å². The number of fused-ring (bicyclic) bond motifs is 2. The monoisotopic (exact) mass is 1060 g/mol. The van der Waals surface area contributed by atoms with Gasteiger partial charge in [0.15, 0.2) is 0 Å². The van der Waals surface area contributed by atoms with E-state index >= 15 is 0 Å². The number of carbonyl (C=O) groups is 7. The van der Waals surface area contributed by atoms with Crippen molar-refractivity contribution < 1.29 is 38.3 Å². The molecule has 20 nitrogen and oxygen atoms in total. The molecule has 7 amide bonds. The summed E-state index contributed by atoms with van der Waals surface area (Å²) in [6, 6.07) is 22.7. The lowest BCUT2D eigenvalue weighted by molar-refractivity contribution is -0.147. The molecule has 0 radical (unpaired) electrons. The van der Waals surface area contributed by atoms with Crippen molar-refractivity contribution >= 4 is 75.8 Å². The van der Waals surface area contributed by atoms with Crippen LogP contribution in [0.2, 0.25) is 0 Å². The van der Waals surface area contributed by atoms with E-state index < -0.39 is 49.2 Å². The Balaban J connectivity index is 1.16. The summed E-state index contributed by atoms with van der Waals surface area (Å²) in [6.07, 6.45) is 11.6. The summed E-state index contributed by atoms with van der Waals surface area (Å²) in [7, 11) is 2.95. The van der Waals surface area contributed by atoms with E-state index in [0.717, 1.165) is 38.5 Å². The standard InChI is InChI=1S/C55H70N12O8S/c1-4-22-63(38-54(73)64(35-49(68)59-21-27-76)23-17-43-31-60-47-15-7-5-13-45(43)47)53(72)39-65(24-18-44-32-61-48-16-8-6-14-46(44)48)52(71)36-62(2)51(70)37-67(34-42-12-10-20-57-30-42)55(74)40-66(25-26-75-3)50(69)33-58-29-41-11-9-19-56-28-41/h5-16,19-20,28,30-32,58,60-61,76H,4,17-18,21-27,29,33-40H2,1-3H3,(H,59,68). The fraction of sp³-hybridized carbons (Fsp3) is 0.400. The highest BCUT2D eigenvalue weighted by molar-refractivity contribution is 7.80. The van der Waals surface area contributed by atoms with Gasteiger partial charge in [-0.2, -0.15) is 12.6 Å². The van der Waals surface area contributed by atoms with Gasteiger partial charge in [0, 0.05) is 125 Å². The molecule has 0 aliphatic heterocycles. The van der Waals surface area contributed by atoms with Gasteiger partial charge in [0.2, 0.25) is 41.4 Å². The molecule has 6 rings (SSSR count). The van der Waals surface area contributed by atoms with Gasteiger partial charge in [0.05, 0.1) is 45.9 Å². The number of pyridine rings is 2. The number of ether oxygens (including phenoxy) is 1. The molecule has 0 fully saturated rings. The number of carbonyl (C=O) groups excluding carboxylic acids is 7. The van der Waals surface area contributed by atoms with E-state index in [9.17, 15) is 33.6 Å². The second-order valence-electron chi connectivity index (χ2n) is 18.4. The number of methoxy groups -OCH3 is 1. The van der Waals surface area contributed by atoms with Crippen molar-refractivity contribution in [3.05, 3.63) is 132 Å². The molecule has 21 heteroatoms. The average molecular weight is 1060 g/mol. The van der Waals surface area contributed by atoms with Crippen molar-refractivity contribution in [2.24, 2.45) is 0 Å². The molecule has 0 bridgehead atoms. The van der Waals surface area contributed by atoms with Gasteiger partial charge in [0.25, 0.3) is 0 Å². The molecule has 0 saturated carbocycles. The topological polar surface area (TPSA) is 230 Å². The van der Waals surface area contributed by atoms with Gasteiger partial charge >= 0.3 is 0 Å². The van der Waals surface area contributed by atoms with Gasteiger partial charge in [-0.15, -0.1) is 0 Å². The summed E-state index contributed by atoms with van der Waals surface area (Å²) in [5.41, 5.74) is 5.28. The van der Waals surface area contributed by atoms with Crippen LogP contribution in [-0.2, 0) is 64.2 Å². The maximum Gasteiger partial charge on any atom is 0.242 e. The van der Waals surface area contributed by atoms with Crippen LogP contribution in [0.25, 0.3) is 21.8 Å². The predicted molar refractivity (Wildman–Crippen MR) is 293 cm³/mol. The zero-order valence-corrected chi connectivity index (χ0v) is 44.5. The van der Waals surface area contributed by atoms with Gasteiger partial charge < -0.3 is 54.7 Å². The van der Waals surface area contributed by atoms with E-state index in [1.165, 1.54) is 43.6 Å². The fourth-order valence-corrected chi connectivity index (χ4v) is 8.70. The highest BCUT2D eigenvalue weighted by Crippen LogP contribution is 2.20. The Kier molecular flexibility index (Phi) is 22.8. The number of para-hydroxylation sites is 2. The van der Waals surface area contributed by atoms with Crippen LogP contribution in [0, 0.1) is 0 Å². The predicted octanol–water partition coefficient (Wildman–Crippen LogP) is 2.92. The molecule has 0 aliphatic carbocycles. The van der Waals surface area contributed by atoms with Crippen molar-refractivity contribution in [1.29, 1.82) is 0 Å². The lowest BCUT2D eigenvalue weighted by Crippen LogP contribution is -2.52. The van der Waals surface area contributed by atoms with Crippen molar-refractivity contribution in [2.45, 2.75) is 39.3 Å². The molecule has 6 aromatic rings. The zero-order valence-electron chi connectivity index (χ0n) is 43.6. The molecule has 404 valence electrons. The normalized spacial score (nSPS) is 11.1. The van der Waals surface area contributed by atoms with Crippen LogP contribution >= 0.6 is 12.6 Å². The largest absolute Gasteiger partial charge is 0.383 e. The summed E-state index contributed by atoms with van der Waals surface area (Å²) in [6.45, 7) is 1.12. The molecule has 2 aromatic carbocycles. The Morgan fingerprint density at radius 1 is 0.592 bits per heavy atom. The lowest BCUT2D eigenvalue weighted by atomic mass is 10.1. The average Bonchev–Trinajstić information content (AvgIpc) is 4.05. The van der Waals surface area contributed by atoms with Crippen LogP contribution in [0.5, 0.6) is 0 Å². The first-order valence-electron chi connectivity index (χ1n) is 25.4. The fourth-order valence-electron chi connectivity index (χ4n) is 8.59. The quantitative estimate of drug-likeness (QED) is 0.0398. The number of hydrogen-bond donors (Lipinski definition) is 5. The number of nitrogens with zero attached hydrogens (tertiary/aromatic N) is 8. The Hall–Kier alpha value is -7.62. The maximum atomic E-state index is 14.5. The van der Waals surface area contributed by atoms with Crippen molar-refractivity contribution in [3.8, 4) is 0 Å². The third kappa shape index (κ3) is 17.5. The lowest BCUT2D eigenvalue weighted by Gasteiger charge is -2.31. The van der Waals surface area contributed by atoms with Crippen LogP contribution in [0.3, 0.4) is 0 Å². The van der Waals surface area contributed by atoms with Gasteiger partial charge in [-0.1, -0.05) is 55.5 Å². The number of hydrogen-bond acceptors (Lipinski definition) is 12. The minimum absolute atomic E-state index is 0.0101. The Morgan fingerprint density at radius 2 is 1.11 bits per heavy atom. The number of nitrogens with one attached hydrogen (secondary N) is 4. The smallest absolute Gasteiger partial charge is 0.242 e. The number of rotatable bonds is 31. The van der Waals surface area contributed by atoms with Crippen LogP contribution in [0.1, 0.15) is 35.6 Å². The second-order valence-corrected chi connectivity index (χ2v) is 18.8. The van der Waals surface area contributed by atoms with Crippen molar-refractivity contribution in [3.63, 3.8) is 0 Å². The van der Waals surface area contributed by atoms with E-state index in [1.807, 2.05) is 73.9 Å². The van der Waals surface area contributed by atoms with Crippen LogP contribution in [0.15, 0.2) is 110 Å². The minimum Gasteiger partial charge on any atom is -0.383 e. The first kappa shape index (κ1) is 57.7. The maximum absolute atomic E-state index is 14.5. The molecule has 0 unspecified atom stereocenters. The summed E-state index contributed by atoms with van der Waals surface area (Å²) in [4.78, 5) is 121. The first-order chi connectivity index (χ1) is 36.9.